The summed E-state index contributed by atoms with van der Waals surface area (Å²) in [5.41, 5.74) is 5.52. The van der Waals surface area contributed by atoms with Crippen LogP contribution in [0.25, 0.3) is 0 Å². The molecule has 0 N–H and O–H groups in total. The molecule has 0 aromatic heterocycles. The molecule has 0 aliphatic heterocycles. The summed E-state index contributed by atoms with van der Waals surface area (Å²) in [4.78, 5) is 0. The molecule has 0 heterocycles. The van der Waals surface area contributed by atoms with E-state index in [1.807, 2.05) is 24.3 Å². The first kappa shape index (κ1) is 21.2. The summed E-state index contributed by atoms with van der Waals surface area (Å²) < 4.78 is 6.10. The number of hydrogen-bond acceptors (Lipinski definition) is 1. The van der Waals surface area contributed by atoms with Gasteiger partial charge in [-0.25, -0.2) is 0 Å². The van der Waals surface area contributed by atoms with E-state index in [2.05, 4.69) is 83.1 Å². The van der Waals surface area contributed by atoms with Crippen molar-refractivity contribution in [2.24, 2.45) is 0 Å². The summed E-state index contributed by atoms with van der Waals surface area (Å²) in [5.74, 6) is 2.43. The number of ether oxygens (including phenoxy) is 1. The van der Waals surface area contributed by atoms with Gasteiger partial charge in [0.25, 0.3) is 0 Å². The number of para-hydroxylation sites is 1. The lowest BCUT2D eigenvalue weighted by molar-refractivity contribution is 0.459. The topological polar surface area (TPSA) is 9.23 Å². The van der Waals surface area contributed by atoms with Crippen LogP contribution in [-0.2, 0) is 11.8 Å². The Morgan fingerprint density at radius 1 is 0.862 bits per heavy atom. The molecular formula is C28H34O. The molecule has 0 amide bonds. The smallest absolute Gasteiger partial charge is 0.130 e. The Balaban J connectivity index is 1.59. The molecule has 3 rings (SSSR count). The van der Waals surface area contributed by atoms with Crippen molar-refractivity contribution in [3.63, 3.8) is 0 Å². The van der Waals surface area contributed by atoms with Gasteiger partial charge in [-0.2, -0.15) is 0 Å². The minimum atomic E-state index is 0.185. The van der Waals surface area contributed by atoms with Crippen molar-refractivity contribution >= 4 is 0 Å². The van der Waals surface area contributed by atoms with Crippen molar-refractivity contribution in [2.75, 3.05) is 0 Å². The van der Waals surface area contributed by atoms with Gasteiger partial charge in [0.1, 0.15) is 11.5 Å². The van der Waals surface area contributed by atoms with E-state index < -0.39 is 0 Å². The van der Waals surface area contributed by atoms with E-state index in [1.165, 1.54) is 16.7 Å². The second kappa shape index (κ2) is 9.31. The van der Waals surface area contributed by atoms with E-state index in [0.717, 1.165) is 36.3 Å². The molecule has 0 spiro atoms. The van der Waals surface area contributed by atoms with Crippen LogP contribution >= 0.6 is 0 Å². The summed E-state index contributed by atoms with van der Waals surface area (Å²) in [6, 6.07) is 25.9. The fourth-order valence-electron chi connectivity index (χ4n) is 3.76. The third kappa shape index (κ3) is 5.73. The summed E-state index contributed by atoms with van der Waals surface area (Å²) >= 11 is 0. The van der Waals surface area contributed by atoms with Gasteiger partial charge in [-0.05, 0) is 78.0 Å². The van der Waals surface area contributed by atoms with E-state index in [4.69, 9.17) is 4.74 Å². The van der Waals surface area contributed by atoms with Crippen molar-refractivity contribution in [1.29, 1.82) is 0 Å². The molecule has 0 fully saturated rings. The van der Waals surface area contributed by atoms with E-state index in [1.54, 1.807) is 0 Å². The first-order valence-electron chi connectivity index (χ1n) is 10.8. The quantitative estimate of drug-likeness (QED) is 0.379. The molecule has 0 aliphatic carbocycles. The predicted octanol–water partition coefficient (Wildman–Crippen LogP) is 8.21. The summed E-state index contributed by atoms with van der Waals surface area (Å²) in [6.45, 7) is 11.3. The van der Waals surface area contributed by atoms with Crippen molar-refractivity contribution in [2.45, 2.75) is 65.2 Å². The lowest BCUT2D eigenvalue weighted by Gasteiger charge is -2.26. The van der Waals surface area contributed by atoms with Crippen LogP contribution in [-0.4, -0.2) is 0 Å². The lowest BCUT2D eigenvalue weighted by atomic mass is 9.79. The Labute approximate surface area is 176 Å². The van der Waals surface area contributed by atoms with E-state index in [0.29, 0.717) is 5.92 Å². The van der Waals surface area contributed by atoms with Crippen LogP contribution in [0.2, 0.25) is 0 Å². The normalized spacial score (nSPS) is 11.7. The Bertz CT molecular complexity index is 919. The average Bonchev–Trinajstić information content (AvgIpc) is 2.70. The fourth-order valence-corrected chi connectivity index (χ4v) is 3.76. The first-order valence-corrected chi connectivity index (χ1v) is 10.8. The minimum Gasteiger partial charge on any atom is -0.457 e. The van der Waals surface area contributed by atoms with Crippen LogP contribution in [0.3, 0.4) is 0 Å². The van der Waals surface area contributed by atoms with Crippen LogP contribution in [0, 0.1) is 6.92 Å². The van der Waals surface area contributed by atoms with Gasteiger partial charge in [-0.1, -0.05) is 82.3 Å². The molecule has 29 heavy (non-hydrogen) atoms. The highest BCUT2D eigenvalue weighted by atomic mass is 16.5. The maximum atomic E-state index is 6.10. The lowest BCUT2D eigenvalue weighted by Crippen LogP contribution is -2.17. The van der Waals surface area contributed by atoms with E-state index >= 15 is 0 Å². The second-order valence-corrected chi connectivity index (χ2v) is 9.03. The molecule has 152 valence electrons. The molecule has 0 unspecified atom stereocenters. The van der Waals surface area contributed by atoms with E-state index in [9.17, 15) is 0 Å². The molecule has 1 nitrogen and oxygen atoms in total. The molecule has 1 heteroatoms. The zero-order valence-corrected chi connectivity index (χ0v) is 18.5. The van der Waals surface area contributed by atoms with Crippen LogP contribution in [0.5, 0.6) is 11.5 Å². The zero-order chi connectivity index (χ0) is 20.9. The molecule has 3 aromatic rings. The third-order valence-electron chi connectivity index (χ3n) is 5.85. The Kier molecular flexibility index (Phi) is 6.79. The van der Waals surface area contributed by atoms with Gasteiger partial charge in [0, 0.05) is 0 Å². The van der Waals surface area contributed by atoms with Crippen LogP contribution in [0.15, 0.2) is 72.8 Å². The number of benzene rings is 3. The standard InChI is InChI=1S/C28H34O/c1-21(2)24-15-17-25(18-16-24)28(4,5)19-9-12-23-11-8-13-26(20-23)29-27-14-7-6-10-22(27)3/h6-8,10-11,13-18,20-21H,9,12,19H2,1-5H3. The molecule has 0 saturated carbocycles. The molecule has 0 atom stereocenters. The average molecular weight is 387 g/mol. The largest absolute Gasteiger partial charge is 0.457 e. The first-order chi connectivity index (χ1) is 13.8. The number of rotatable bonds is 8. The molecule has 0 radical (unpaired) electrons. The van der Waals surface area contributed by atoms with Crippen LogP contribution in [0.4, 0.5) is 0 Å². The third-order valence-corrected chi connectivity index (χ3v) is 5.85. The fraction of sp³-hybridized carbons (Fsp3) is 0.357. The zero-order valence-electron chi connectivity index (χ0n) is 18.5. The number of hydrogen-bond donors (Lipinski definition) is 0. The van der Waals surface area contributed by atoms with Crippen LogP contribution < -0.4 is 4.74 Å². The monoisotopic (exact) mass is 386 g/mol. The maximum absolute atomic E-state index is 6.10. The van der Waals surface area contributed by atoms with E-state index in [-0.39, 0.29) is 5.41 Å². The highest BCUT2D eigenvalue weighted by Gasteiger charge is 2.20. The Morgan fingerprint density at radius 2 is 1.59 bits per heavy atom. The highest BCUT2D eigenvalue weighted by molar-refractivity contribution is 5.38. The number of aryl methyl sites for hydroxylation is 2. The summed E-state index contributed by atoms with van der Waals surface area (Å²) in [5, 5.41) is 0. The Morgan fingerprint density at radius 3 is 2.28 bits per heavy atom. The summed E-state index contributed by atoms with van der Waals surface area (Å²) in [6.07, 6.45) is 3.39. The van der Waals surface area contributed by atoms with Gasteiger partial charge in [0.2, 0.25) is 0 Å². The van der Waals surface area contributed by atoms with Gasteiger partial charge in [-0.15, -0.1) is 0 Å². The SMILES string of the molecule is Cc1ccccc1Oc1cccc(CCCC(C)(C)c2ccc(C(C)C)cc2)c1. The van der Waals surface area contributed by atoms with Crippen molar-refractivity contribution in [3.05, 3.63) is 95.1 Å². The Hall–Kier alpha value is -2.54. The van der Waals surface area contributed by atoms with Gasteiger partial charge < -0.3 is 4.74 Å². The van der Waals surface area contributed by atoms with Crippen molar-refractivity contribution in [3.8, 4) is 11.5 Å². The van der Waals surface area contributed by atoms with Gasteiger partial charge in [-0.3, -0.25) is 0 Å². The van der Waals surface area contributed by atoms with Gasteiger partial charge in [0.15, 0.2) is 0 Å². The molecular weight excluding hydrogens is 352 g/mol. The second-order valence-electron chi connectivity index (χ2n) is 9.03. The predicted molar refractivity (Wildman–Crippen MR) is 124 cm³/mol. The summed E-state index contributed by atoms with van der Waals surface area (Å²) in [7, 11) is 0. The van der Waals surface area contributed by atoms with Crippen LogP contribution in [0.1, 0.15) is 68.7 Å². The highest BCUT2D eigenvalue weighted by Crippen LogP contribution is 2.31. The maximum Gasteiger partial charge on any atom is 0.130 e. The molecule has 0 aliphatic rings. The van der Waals surface area contributed by atoms with Crippen molar-refractivity contribution in [1.82, 2.24) is 0 Å². The van der Waals surface area contributed by atoms with Crippen molar-refractivity contribution < 1.29 is 4.74 Å². The molecule has 0 bridgehead atoms. The molecule has 3 aromatic carbocycles. The van der Waals surface area contributed by atoms with Gasteiger partial charge >= 0.3 is 0 Å². The molecule has 0 saturated heterocycles. The minimum absolute atomic E-state index is 0.185. The van der Waals surface area contributed by atoms with Gasteiger partial charge in [0.05, 0.1) is 0 Å².